The molecule has 0 nitrogen and oxygen atoms in total. The molecule has 9 aromatic carbocycles. The van der Waals surface area contributed by atoms with E-state index in [1.165, 1.54) is 98.7 Å². The third kappa shape index (κ3) is 5.25. The number of rotatable bonds is 4. The number of hydrogen-bond acceptors (Lipinski definition) is 0. The molecule has 0 unspecified atom stereocenters. The lowest BCUT2D eigenvalue weighted by Gasteiger charge is -2.13. The molecule has 1 aliphatic rings. The lowest BCUT2D eigenvalue weighted by molar-refractivity contribution is 1.59. The van der Waals surface area contributed by atoms with E-state index in [0.29, 0.717) is 0 Å². The van der Waals surface area contributed by atoms with Crippen molar-refractivity contribution < 1.29 is 0 Å². The molecule has 0 bridgehead atoms. The normalized spacial score (nSPS) is 11.6. The van der Waals surface area contributed by atoms with Gasteiger partial charge in [-0.3, -0.25) is 0 Å². The molecule has 240 valence electrons. The topological polar surface area (TPSA) is 0 Å². The van der Waals surface area contributed by atoms with Gasteiger partial charge in [-0.1, -0.05) is 170 Å². The Balaban J connectivity index is 0.000000654. The Morgan fingerprint density at radius 1 is 0.353 bits per heavy atom. The van der Waals surface area contributed by atoms with Crippen LogP contribution < -0.4 is 0 Å². The zero-order valence-electron chi connectivity index (χ0n) is 28.6. The molecular weight excluding hydrogens is 613 g/mol. The van der Waals surface area contributed by atoms with Crippen molar-refractivity contribution in [2.24, 2.45) is 0 Å². The van der Waals surface area contributed by atoms with Gasteiger partial charge >= 0.3 is 0 Å². The molecule has 0 atom stereocenters. The van der Waals surface area contributed by atoms with Gasteiger partial charge in [-0.2, -0.15) is 0 Å². The standard InChI is InChI=1S/C46H28.C5H8/c1-2-14-38-36(12-1)37-13-3-5-16-40(37)44-27-33(23-24-42(38)44)32-10-7-9-31(25-32)29-19-21-30(22-20-29)35-26-34-11-8-18-43-39-15-4-6-17-41(39)45(28-35)46(34)43;1-3-5-4-2/h1-28H;3-5H,1H2,2H3/b;5-4-. The van der Waals surface area contributed by atoms with E-state index >= 15 is 0 Å². The fourth-order valence-corrected chi connectivity index (χ4v) is 7.94. The Bertz CT molecular complexity index is 2780. The average Bonchev–Trinajstić information content (AvgIpc) is 3.53. The summed E-state index contributed by atoms with van der Waals surface area (Å²) in [6.07, 6.45) is 5.58. The molecule has 0 aromatic heterocycles. The van der Waals surface area contributed by atoms with Crippen LogP contribution in [0.4, 0.5) is 0 Å². The smallest absolute Gasteiger partial charge is 0.00259 e. The Morgan fingerprint density at radius 3 is 1.47 bits per heavy atom. The maximum Gasteiger partial charge on any atom is -0.00259 e. The summed E-state index contributed by atoms with van der Waals surface area (Å²) in [7, 11) is 0. The van der Waals surface area contributed by atoms with Gasteiger partial charge in [-0.15, -0.1) is 0 Å². The molecule has 0 heteroatoms. The molecule has 0 fully saturated rings. The third-order valence-electron chi connectivity index (χ3n) is 10.3. The number of allylic oxidation sites excluding steroid dienone is 3. The Hall–Kier alpha value is -6.50. The van der Waals surface area contributed by atoms with Crippen molar-refractivity contribution in [2.75, 3.05) is 0 Å². The van der Waals surface area contributed by atoms with Gasteiger partial charge in [-0.25, -0.2) is 0 Å². The second-order valence-corrected chi connectivity index (χ2v) is 13.2. The molecule has 0 saturated heterocycles. The van der Waals surface area contributed by atoms with Crippen LogP contribution in [0.5, 0.6) is 0 Å². The number of fused-ring (bicyclic) bond motifs is 9. The van der Waals surface area contributed by atoms with Gasteiger partial charge in [0, 0.05) is 0 Å². The largest absolute Gasteiger partial charge is 0.0991 e. The average molecular weight is 649 g/mol. The van der Waals surface area contributed by atoms with Crippen LogP contribution in [0.1, 0.15) is 6.92 Å². The highest BCUT2D eigenvalue weighted by molar-refractivity contribution is 6.25. The summed E-state index contributed by atoms with van der Waals surface area (Å²) in [6, 6.07) is 62.7. The zero-order valence-corrected chi connectivity index (χ0v) is 28.6. The van der Waals surface area contributed by atoms with Gasteiger partial charge in [0.2, 0.25) is 0 Å². The third-order valence-corrected chi connectivity index (χ3v) is 10.3. The van der Waals surface area contributed by atoms with E-state index in [-0.39, 0.29) is 0 Å². The van der Waals surface area contributed by atoms with Crippen molar-refractivity contribution in [1.82, 2.24) is 0 Å². The van der Waals surface area contributed by atoms with E-state index in [2.05, 4.69) is 176 Å². The van der Waals surface area contributed by atoms with Crippen molar-refractivity contribution in [2.45, 2.75) is 6.92 Å². The highest BCUT2D eigenvalue weighted by Crippen LogP contribution is 2.48. The lowest BCUT2D eigenvalue weighted by Crippen LogP contribution is -1.86. The van der Waals surface area contributed by atoms with Crippen LogP contribution in [-0.2, 0) is 0 Å². The van der Waals surface area contributed by atoms with E-state index < -0.39 is 0 Å². The van der Waals surface area contributed by atoms with Crippen LogP contribution in [-0.4, -0.2) is 0 Å². The predicted molar refractivity (Wildman–Crippen MR) is 222 cm³/mol. The highest BCUT2D eigenvalue weighted by atomic mass is 14.2. The molecule has 0 aliphatic heterocycles. The molecule has 0 radical (unpaired) electrons. The monoisotopic (exact) mass is 648 g/mol. The molecule has 51 heavy (non-hydrogen) atoms. The van der Waals surface area contributed by atoms with E-state index in [4.69, 9.17) is 0 Å². The Morgan fingerprint density at radius 2 is 0.843 bits per heavy atom. The Kier molecular flexibility index (Phi) is 7.64. The molecular formula is C51H36. The van der Waals surface area contributed by atoms with Crippen LogP contribution in [0.2, 0.25) is 0 Å². The van der Waals surface area contributed by atoms with Gasteiger partial charge in [0.05, 0.1) is 0 Å². The minimum Gasteiger partial charge on any atom is -0.0991 e. The summed E-state index contributed by atoms with van der Waals surface area (Å²) in [6.45, 7) is 5.42. The maximum absolute atomic E-state index is 3.46. The summed E-state index contributed by atoms with van der Waals surface area (Å²) in [5, 5.41) is 10.5. The summed E-state index contributed by atoms with van der Waals surface area (Å²) in [4.78, 5) is 0. The summed E-state index contributed by atoms with van der Waals surface area (Å²) < 4.78 is 0. The van der Waals surface area contributed by atoms with Gasteiger partial charge in [-0.05, 0) is 130 Å². The first-order valence-electron chi connectivity index (χ1n) is 17.7. The molecule has 0 N–H and O–H groups in total. The second kappa shape index (κ2) is 12.8. The van der Waals surface area contributed by atoms with Crippen LogP contribution in [0.25, 0.3) is 98.7 Å². The fraction of sp³-hybridized carbons (Fsp3) is 0.0196. The summed E-state index contributed by atoms with van der Waals surface area (Å²) in [5.41, 5.74) is 12.8. The number of hydrogen-bond donors (Lipinski definition) is 0. The van der Waals surface area contributed by atoms with Gasteiger partial charge in [0.25, 0.3) is 0 Å². The van der Waals surface area contributed by atoms with E-state index in [1.807, 2.05) is 19.1 Å². The molecule has 0 saturated carbocycles. The van der Waals surface area contributed by atoms with Gasteiger partial charge in [0.1, 0.15) is 0 Å². The summed E-state index contributed by atoms with van der Waals surface area (Å²) in [5.74, 6) is 0. The Labute approximate surface area is 299 Å². The minimum atomic E-state index is 1.22. The van der Waals surface area contributed by atoms with E-state index in [1.54, 1.807) is 6.08 Å². The number of benzene rings is 9. The van der Waals surface area contributed by atoms with Crippen molar-refractivity contribution in [3.63, 3.8) is 0 Å². The zero-order chi connectivity index (χ0) is 34.3. The molecule has 1 aliphatic carbocycles. The summed E-state index contributed by atoms with van der Waals surface area (Å²) >= 11 is 0. The van der Waals surface area contributed by atoms with Gasteiger partial charge in [0.15, 0.2) is 0 Å². The predicted octanol–water partition coefficient (Wildman–Crippen LogP) is 14.7. The van der Waals surface area contributed by atoms with Gasteiger partial charge < -0.3 is 0 Å². The fourth-order valence-electron chi connectivity index (χ4n) is 7.94. The van der Waals surface area contributed by atoms with Crippen LogP contribution in [0.3, 0.4) is 0 Å². The van der Waals surface area contributed by atoms with Crippen molar-refractivity contribution in [3.8, 4) is 55.6 Å². The molecule has 0 heterocycles. The van der Waals surface area contributed by atoms with Crippen molar-refractivity contribution in [1.29, 1.82) is 0 Å². The van der Waals surface area contributed by atoms with Crippen LogP contribution >= 0.6 is 0 Å². The van der Waals surface area contributed by atoms with Crippen molar-refractivity contribution >= 4 is 43.1 Å². The van der Waals surface area contributed by atoms with Crippen molar-refractivity contribution in [3.05, 3.63) is 195 Å². The first-order chi connectivity index (χ1) is 25.2. The van der Waals surface area contributed by atoms with Crippen LogP contribution in [0, 0.1) is 0 Å². The quantitative estimate of drug-likeness (QED) is 0.132. The first-order valence-corrected chi connectivity index (χ1v) is 17.7. The molecule has 0 spiro atoms. The minimum absolute atomic E-state index is 1.22. The van der Waals surface area contributed by atoms with Crippen LogP contribution in [0.15, 0.2) is 195 Å². The molecule has 10 rings (SSSR count). The van der Waals surface area contributed by atoms with E-state index in [9.17, 15) is 0 Å². The maximum atomic E-state index is 3.46. The second-order valence-electron chi connectivity index (χ2n) is 13.2. The lowest BCUT2D eigenvalue weighted by atomic mass is 9.91. The van der Waals surface area contributed by atoms with E-state index in [0.717, 1.165) is 0 Å². The molecule has 9 aromatic rings. The first kappa shape index (κ1) is 30.6. The SMILES string of the molecule is C=C/C=C\C.c1cc(-c2ccc(-c3cc4c5c(cccc5c3)-c3ccccc3-4)cc2)cc(-c2ccc3c4ccccc4c4ccccc4c3c2)c1. The highest BCUT2D eigenvalue weighted by Gasteiger charge is 2.21. The molecule has 0 amide bonds.